The van der Waals surface area contributed by atoms with Gasteiger partial charge < -0.3 is 4.74 Å². The maximum Gasteiger partial charge on any atom is 0.118 e. The van der Waals surface area contributed by atoms with Crippen molar-refractivity contribution in [2.24, 2.45) is 0 Å². The third-order valence-corrected chi connectivity index (χ3v) is 2.54. The Labute approximate surface area is 101 Å². The first-order valence-electron chi connectivity index (χ1n) is 4.36. The maximum absolute atomic E-state index is 5.08. The first-order valence-corrected chi connectivity index (χ1v) is 5.95. The molecular formula is C11H12Br2O. The van der Waals surface area contributed by atoms with Crippen molar-refractivity contribution < 1.29 is 4.74 Å². The summed E-state index contributed by atoms with van der Waals surface area (Å²) in [5.74, 6) is 0.908. The van der Waals surface area contributed by atoms with Crippen LogP contribution in [-0.4, -0.2) is 7.11 Å². The van der Waals surface area contributed by atoms with Gasteiger partial charge in [0.25, 0.3) is 0 Å². The lowest BCUT2D eigenvalue weighted by Crippen LogP contribution is -1.85. The van der Waals surface area contributed by atoms with Gasteiger partial charge in [-0.25, -0.2) is 0 Å². The molecule has 76 valence electrons. The molecule has 0 heterocycles. The lowest BCUT2D eigenvalue weighted by atomic mass is 10.1. The van der Waals surface area contributed by atoms with Crippen LogP contribution in [0.5, 0.6) is 5.75 Å². The van der Waals surface area contributed by atoms with Gasteiger partial charge in [0.2, 0.25) is 0 Å². The summed E-state index contributed by atoms with van der Waals surface area (Å²) in [6.07, 6.45) is 4.17. The monoisotopic (exact) mass is 318 g/mol. The van der Waals surface area contributed by atoms with Crippen molar-refractivity contribution in [2.75, 3.05) is 7.11 Å². The summed E-state index contributed by atoms with van der Waals surface area (Å²) in [6.45, 7) is 0. The van der Waals surface area contributed by atoms with Crippen LogP contribution in [-0.2, 0) is 6.42 Å². The summed E-state index contributed by atoms with van der Waals surface area (Å²) in [7, 11) is 1.68. The Morgan fingerprint density at radius 1 is 1.29 bits per heavy atom. The van der Waals surface area contributed by atoms with E-state index in [0.29, 0.717) is 0 Å². The molecule has 0 spiro atoms. The largest absolute Gasteiger partial charge is 0.497 e. The highest BCUT2D eigenvalue weighted by atomic mass is 79.9. The van der Waals surface area contributed by atoms with Crippen LogP contribution in [0.4, 0.5) is 0 Å². The molecule has 0 radical (unpaired) electrons. The van der Waals surface area contributed by atoms with Crippen LogP contribution in [0.15, 0.2) is 33.7 Å². The van der Waals surface area contributed by atoms with Gasteiger partial charge in [0.1, 0.15) is 5.75 Å². The highest BCUT2D eigenvalue weighted by Gasteiger charge is 1.93. The second-order valence-electron chi connectivity index (χ2n) is 2.88. The molecule has 0 aliphatic carbocycles. The van der Waals surface area contributed by atoms with E-state index < -0.39 is 0 Å². The molecule has 0 unspecified atom stereocenters. The molecule has 0 fully saturated rings. The second-order valence-corrected chi connectivity index (χ2v) is 5.65. The zero-order chi connectivity index (χ0) is 10.4. The molecule has 0 saturated heterocycles. The zero-order valence-corrected chi connectivity index (χ0v) is 11.1. The predicted octanol–water partition coefficient (Wildman–Crippen LogP) is 4.26. The molecule has 0 saturated carbocycles. The Hall–Kier alpha value is -0.280. The summed E-state index contributed by atoms with van der Waals surface area (Å²) in [5.41, 5.74) is 1.32. The molecule has 0 atom stereocenters. The number of methoxy groups -OCH3 is 1. The highest BCUT2D eigenvalue weighted by Crippen LogP contribution is 2.16. The first-order chi connectivity index (χ1) is 6.72. The number of rotatable bonds is 4. The van der Waals surface area contributed by atoms with E-state index in [9.17, 15) is 0 Å². The molecule has 0 N–H and O–H groups in total. The van der Waals surface area contributed by atoms with Crippen LogP contribution < -0.4 is 4.74 Å². The van der Waals surface area contributed by atoms with Gasteiger partial charge in [-0.1, -0.05) is 18.2 Å². The molecule has 1 nitrogen and oxygen atoms in total. The number of ether oxygens (including phenoxy) is 1. The zero-order valence-electron chi connectivity index (χ0n) is 7.97. The molecule has 0 aliphatic rings. The summed E-state index contributed by atoms with van der Waals surface area (Å²) < 4.78 is 6.10. The molecule has 0 bridgehead atoms. The minimum absolute atomic E-state index is 0.908. The molecule has 1 aromatic rings. The van der Waals surface area contributed by atoms with E-state index in [-0.39, 0.29) is 0 Å². The van der Waals surface area contributed by atoms with Crippen molar-refractivity contribution in [3.63, 3.8) is 0 Å². The molecule has 3 heteroatoms. The van der Waals surface area contributed by atoms with Crippen LogP contribution in [0.2, 0.25) is 0 Å². The SMILES string of the molecule is COc1ccc(CCC=C(Br)Br)cc1. The van der Waals surface area contributed by atoms with Crippen molar-refractivity contribution >= 4 is 31.9 Å². The van der Waals surface area contributed by atoms with Crippen LogP contribution in [0.3, 0.4) is 0 Å². The molecule has 14 heavy (non-hydrogen) atoms. The van der Waals surface area contributed by atoms with E-state index in [4.69, 9.17) is 4.74 Å². The first kappa shape index (κ1) is 11.8. The summed E-state index contributed by atoms with van der Waals surface area (Å²) in [4.78, 5) is 0. The normalized spacial score (nSPS) is 9.64. The third-order valence-electron chi connectivity index (χ3n) is 1.89. The Bertz CT molecular complexity index is 300. The molecule has 1 aromatic carbocycles. The fraction of sp³-hybridized carbons (Fsp3) is 0.273. The number of aryl methyl sites for hydroxylation is 1. The number of halogens is 2. The van der Waals surface area contributed by atoms with Gasteiger partial charge in [0, 0.05) is 0 Å². The van der Waals surface area contributed by atoms with Gasteiger partial charge in [0.15, 0.2) is 0 Å². The topological polar surface area (TPSA) is 9.23 Å². The van der Waals surface area contributed by atoms with Crippen LogP contribution >= 0.6 is 31.9 Å². The molecule has 0 amide bonds. The van der Waals surface area contributed by atoms with Gasteiger partial charge in [0.05, 0.1) is 10.5 Å². The maximum atomic E-state index is 5.08. The molecule has 1 rings (SSSR count). The van der Waals surface area contributed by atoms with Crippen molar-refractivity contribution in [3.8, 4) is 5.75 Å². The van der Waals surface area contributed by atoms with Crippen LogP contribution in [0.25, 0.3) is 0 Å². The molecular weight excluding hydrogens is 308 g/mol. The number of hydrogen-bond acceptors (Lipinski definition) is 1. The number of allylic oxidation sites excluding steroid dienone is 1. The van der Waals surface area contributed by atoms with E-state index in [1.165, 1.54) is 5.56 Å². The number of benzene rings is 1. The average molecular weight is 320 g/mol. The van der Waals surface area contributed by atoms with Crippen molar-refractivity contribution in [2.45, 2.75) is 12.8 Å². The fourth-order valence-electron chi connectivity index (χ4n) is 1.14. The van der Waals surface area contributed by atoms with Crippen LogP contribution in [0.1, 0.15) is 12.0 Å². The van der Waals surface area contributed by atoms with E-state index in [2.05, 4.69) is 50.1 Å². The Morgan fingerprint density at radius 2 is 1.93 bits per heavy atom. The van der Waals surface area contributed by atoms with E-state index >= 15 is 0 Å². The van der Waals surface area contributed by atoms with Gasteiger partial charge in [-0.3, -0.25) is 0 Å². The summed E-state index contributed by atoms with van der Waals surface area (Å²) >= 11 is 6.66. The predicted molar refractivity (Wildman–Crippen MR) is 67.3 cm³/mol. The van der Waals surface area contributed by atoms with Crippen molar-refractivity contribution in [3.05, 3.63) is 39.3 Å². The Kier molecular flexibility index (Phi) is 5.26. The lowest BCUT2D eigenvalue weighted by Gasteiger charge is -2.01. The van der Waals surface area contributed by atoms with E-state index in [1.807, 2.05) is 12.1 Å². The molecule has 0 aromatic heterocycles. The minimum atomic E-state index is 0.908. The van der Waals surface area contributed by atoms with Gasteiger partial charge in [-0.05, 0) is 62.4 Å². The quantitative estimate of drug-likeness (QED) is 0.805. The smallest absolute Gasteiger partial charge is 0.118 e. The second kappa shape index (κ2) is 6.25. The summed E-state index contributed by atoms with van der Waals surface area (Å²) in [5, 5.41) is 0. The van der Waals surface area contributed by atoms with Crippen molar-refractivity contribution in [1.82, 2.24) is 0 Å². The van der Waals surface area contributed by atoms with Gasteiger partial charge >= 0.3 is 0 Å². The number of hydrogen-bond donors (Lipinski definition) is 0. The fourth-order valence-corrected chi connectivity index (χ4v) is 1.60. The van der Waals surface area contributed by atoms with E-state index in [1.54, 1.807) is 7.11 Å². The lowest BCUT2D eigenvalue weighted by molar-refractivity contribution is 0.414. The standard InChI is InChI=1S/C11H12Br2O/c1-14-10-7-5-9(6-8-10)3-2-4-11(12)13/h4-8H,2-3H2,1H3. The van der Waals surface area contributed by atoms with E-state index in [0.717, 1.165) is 22.0 Å². The Morgan fingerprint density at radius 3 is 2.43 bits per heavy atom. The van der Waals surface area contributed by atoms with Crippen molar-refractivity contribution in [1.29, 1.82) is 0 Å². The summed E-state index contributed by atoms with van der Waals surface area (Å²) in [6, 6.07) is 8.16. The average Bonchev–Trinajstić information content (AvgIpc) is 2.18. The minimum Gasteiger partial charge on any atom is -0.497 e. The van der Waals surface area contributed by atoms with Gasteiger partial charge in [-0.2, -0.15) is 0 Å². The third kappa shape index (κ3) is 4.29. The van der Waals surface area contributed by atoms with Gasteiger partial charge in [-0.15, -0.1) is 0 Å². The molecule has 0 aliphatic heterocycles. The Balaban J connectivity index is 2.48. The highest BCUT2D eigenvalue weighted by molar-refractivity contribution is 9.28. The van der Waals surface area contributed by atoms with Crippen LogP contribution in [0, 0.1) is 0 Å².